The zero-order chi connectivity index (χ0) is 14.4. The molecule has 2 aromatic rings. The van der Waals surface area contributed by atoms with Gasteiger partial charge >= 0.3 is 11.8 Å². The fourth-order valence-corrected chi connectivity index (χ4v) is 1.53. The minimum atomic E-state index is -0.823. The number of hydrogen-bond donors (Lipinski definition) is 3. The molecule has 0 aliphatic carbocycles. The van der Waals surface area contributed by atoms with Gasteiger partial charge in [0.1, 0.15) is 12.1 Å². The van der Waals surface area contributed by atoms with Crippen molar-refractivity contribution in [1.29, 1.82) is 0 Å². The number of aromatic amines is 1. The molecule has 8 heteroatoms. The molecule has 0 bridgehead atoms. The number of carbonyl (C=O) groups excluding carboxylic acids is 2. The molecule has 8 nitrogen and oxygen atoms in total. The number of ether oxygens (including phenoxy) is 1. The highest BCUT2D eigenvalue weighted by molar-refractivity contribution is 6.39. The van der Waals surface area contributed by atoms with Gasteiger partial charge in [-0.3, -0.25) is 14.9 Å². The maximum absolute atomic E-state index is 11.6. The van der Waals surface area contributed by atoms with E-state index < -0.39 is 11.8 Å². The first-order valence-electron chi connectivity index (χ1n) is 5.77. The number of hydrogen-bond acceptors (Lipinski definition) is 5. The second-order valence-electron chi connectivity index (χ2n) is 3.78. The highest BCUT2D eigenvalue weighted by Crippen LogP contribution is 2.16. The molecule has 1 aromatic carbocycles. The highest BCUT2D eigenvalue weighted by Gasteiger charge is 2.15. The van der Waals surface area contributed by atoms with Gasteiger partial charge in [-0.25, -0.2) is 5.10 Å². The molecule has 2 rings (SSSR count). The molecular weight excluding hydrogens is 262 g/mol. The Morgan fingerprint density at radius 2 is 2.10 bits per heavy atom. The number of aromatic nitrogens is 3. The van der Waals surface area contributed by atoms with Crippen molar-refractivity contribution >= 4 is 17.8 Å². The zero-order valence-electron chi connectivity index (χ0n) is 10.7. The van der Waals surface area contributed by atoms with Gasteiger partial charge in [0.2, 0.25) is 5.95 Å². The van der Waals surface area contributed by atoms with Crippen LogP contribution in [-0.2, 0) is 16.1 Å². The largest absolute Gasteiger partial charge is 0.496 e. The van der Waals surface area contributed by atoms with E-state index in [4.69, 9.17) is 4.74 Å². The van der Waals surface area contributed by atoms with E-state index in [2.05, 4.69) is 25.8 Å². The molecular formula is C12H13N5O3. The van der Waals surface area contributed by atoms with Crippen LogP contribution in [0.2, 0.25) is 0 Å². The first-order valence-corrected chi connectivity index (χ1v) is 5.77. The standard InChI is InChI=1S/C12H13N5O3/c1-20-9-5-3-2-4-8(9)6-13-10(18)11(19)16-12-14-7-15-17-12/h2-5,7H,6H2,1H3,(H,13,18)(H2,14,15,16,17,19). The van der Waals surface area contributed by atoms with E-state index in [1.807, 2.05) is 12.1 Å². The number of rotatable bonds is 4. The summed E-state index contributed by atoms with van der Waals surface area (Å²) in [6.07, 6.45) is 1.22. The minimum Gasteiger partial charge on any atom is -0.496 e. The maximum Gasteiger partial charge on any atom is 0.316 e. The van der Waals surface area contributed by atoms with E-state index in [9.17, 15) is 9.59 Å². The van der Waals surface area contributed by atoms with Crippen LogP contribution in [0.1, 0.15) is 5.56 Å². The Bertz CT molecular complexity index is 597. The van der Waals surface area contributed by atoms with Gasteiger partial charge in [0, 0.05) is 12.1 Å². The number of para-hydroxylation sites is 1. The summed E-state index contributed by atoms with van der Waals surface area (Å²) in [7, 11) is 1.54. The SMILES string of the molecule is COc1ccccc1CNC(=O)C(=O)Nc1ncn[nH]1. The van der Waals surface area contributed by atoms with Gasteiger partial charge in [0.15, 0.2) is 0 Å². The second kappa shape index (κ2) is 6.32. The van der Waals surface area contributed by atoms with Gasteiger partial charge in [-0.1, -0.05) is 18.2 Å². The van der Waals surface area contributed by atoms with E-state index in [0.717, 1.165) is 5.56 Å². The normalized spacial score (nSPS) is 9.85. The summed E-state index contributed by atoms with van der Waals surface area (Å²) in [6, 6.07) is 7.21. The average molecular weight is 275 g/mol. The summed E-state index contributed by atoms with van der Waals surface area (Å²) in [4.78, 5) is 26.8. The molecule has 0 atom stereocenters. The van der Waals surface area contributed by atoms with Crippen LogP contribution in [0.4, 0.5) is 5.95 Å². The summed E-state index contributed by atoms with van der Waals surface area (Å²) in [5.74, 6) is -0.838. The van der Waals surface area contributed by atoms with Crippen molar-refractivity contribution < 1.29 is 14.3 Å². The molecule has 0 aliphatic heterocycles. The molecule has 1 aromatic heterocycles. The number of H-pyrrole nitrogens is 1. The molecule has 0 aliphatic rings. The number of benzene rings is 1. The van der Waals surface area contributed by atoms with Crippen LogP contribution in [0.15, 0.2) is 30.6 Å². The molecule has 20 heavy (non-hydrogen) atoms. The monoisotopic (exact) mass is 275 g/mol. The summed E-state index contributed by atoms with van der Waals surface area (Å²) in [6.45, 7) is 0.187. The Hall–Kier alpha value is -2.90. The number of amides is 2. The number of methoxy groups -OCH3 is 1. The van der Waals surface area contributed by atoms with Crippen LogP contribution in [0.3, 0.4) is 0 Å². The lowest BCUT2D eigenvalue weighted by atomic mass is 10.2. The van der Waals surface area contributed by atoms with Crippen molar-refractivity contribution in [1.82, 2.24) is 20.5 Å². The quantitative estimate of drug-likeness (QED) is 0.684. The Kier molecular flexibility index (Phi) is 4.28. The van der Waals surface area contributed by atoms with Crippen molar-refractivity contribution in [3.8, 4) is 5.75 Å². The number of nitrogens with one attached hydrogen (secondary N) is 3. The Labute approximate surface area is 114 Å². The van der Waals surface area contributed by atoms with Gasteiger partial charge in [-0.05, 0) is 6.07 Å². The van der Waals surface area contributed by atoms with Crippen molar-refractivity contribution in [2.75, 3.05) is 12.4 Å². The van der Waals surface area contributed by atoms with Crippen LogP contribution in [-0.4, -0.2) is 34.1 Å². The van der Waals surface area contributed by atoms with Crippen LogP contribution in [0, 0.1) is 0 Å². The fraction of sp³-hybridized carbons (Fsp3) is 0.167. The summed E-state index contributed by atoms with van der Waals surface area (Å²) < 4.78 is 5.15. The Morgan fingerprint density at radius 3 is 2.80 bits per heavy atom. The summed E-state index contributed by atoms with van der Waals surface area (Å²) in [5.41, 5.74) is 0.774. The molecule has 3 N–H and O–H groups in total. The number of anilines is 1. The van der Waals surface area contributed by atoms with Crippen LogP contribution >= 0.6 is 0 Å². The lowest BCUT2D eigenvalue weighted by molar-refractivity contribution is -0.136. The average Bonchev–Trinajstić information content (AvgIpc) is 2.97. The predicted molar refractivity (Wildman–Crippen MR) is 69.9 cm³/mol. The molecule has 0 saturated carbocycles. The maximum atomic E-state index is 11.6. The molecule has 0 spiro atoms. The van der Waals surface area contributed by atoms with Gasteiger partial charge in [0.05, 0.1) is 7.11 Å². The lowest BCUT2D eigenvalue weighted by Crippen LogP contribution is -2.35. The van der Waals surface area contributed by atoms with E-state index in [1.54, 1.807) is 12.1 Å². The third kappa shape index (κ3) is 3.31. The van der Waals surface area contributed by atoms with Gasteiger partial charge in [-0.15, -0.1) is 0 Å². The smallest absolute Gasteiger partial charge is 0.316 e. The molecule has 0 radical (unpaired) electrons. The van der Waals surface area contributed by atoms with Crippen LogP contribution in [0.5, 0.6) is 5.75 Å². The second-order valence-corrected chi connectivity index (χ2v) is 3.78. The molecule has 1 heterocycles. The van der Waals surface area contributed by atoms with Crippen molar-refractivity contribution in [2.24, 2.45) is 0 Å². The first kappa shape index (κ1) is 13.5. The van der Waals surface area contributed by atoms with Crippen molar-refractivity contribution in [3.63, 3.8) is 0 Å². The van der Waals surface area contributed by atoms with E-state index in [-0.39, 0.29) is 12.5 Å². The number of nitrogens with zero attached hydrogens (tertiary/aromatic N) is 2. The van der Waals surface area contributed by atoms with Crippen LogP contribution < -0.4 is 15.4 Å². The van der Waals surface area contributed by atoms with Gasteiger partial charge in [0.25, 0.3) is 0 Å². The molecule has 2 amide bonds. The minimum absolute atomic E-state index is 0.113. The number of carbonyl (C=O) groups is 2. The van der Waals surface area contributed by atoms with Crippen LogP contribution in [0.25, 0.3) is 0 Å². The van der Waals surface area contributed by atoms with Crippen molar-refractivity contribution in [3.05, 3.63) is 36.2 Å². The molecule has 0 saturated heterocycles. The molecule has 104 valence electrons. The van der Waals surface area contributed by atoms with Gasteiger partial charge < -0.3 is 10.1 Å². The summed E-state index contributed by atoms with van der Waals surface area (Å²) >= 11 is 0. The topological polar surface area (TPSA) is 109 Å². The lowest BCUT2D eigenvalue weighted by Gasteiger charge is -2.09. The Balaban J connectivity index is 1.90. The first-order chi connectivity index (χ1) is 9.70. The van der Waals surface area contributed by atoms with Gasteiger partial charge in [-0.2, -0.15) is 10.1 Å². The molecule has 0 fully saturated rings. The molecule has 0 unspecified atom stereocenters. The van der Waals surface area contributed by atoms with Crippen molar-refractivity contribution in [2.45, 2.75) is 6.54 Å². The Morgan fingerprint density at radius 1 is 1.30 bits per heavy atom. The van der Waals surface area contributed by atoms with E-state index in [1.165, 1.54) is 13.4 Å². The van der Waals surface area contributed by atoms with E-state index >= 15 is 0 Å². The third-order valence-electron chi connectivity index (χ3n) is 2.49. The predicted octanol–water partition coefficient (Wildman–Crippen LogP) is 0.0682. The zero-order valence-corrected chi connectivity index (χ0v) is 10.7. The highest BCUT2D eigenvalue weighted by atomic mass is 16.5. The fourth-order valence-electron chi connectivity index (χ4n) is 1.53. The summed E-state index contributed by atoms with van der Waals surface area (Å²) in [5, 5.41) is 10.7. The van der Waals surface area contributed by atoms with E-state index in [0.29, 0.717) is 5.75 Å². The third-order valence-corrected chi connectivity index (χ3v) is 2.49.